The number of rotatable bonds is 5. The Kier molecular flexibility index (Phi) is 7.32. The molecule has 0 aliphatic carbocycles. The summed E-state index contributed by atoms with van der Waals surface area (Å²) in [5.74, 6) is 0.851. The Morgan fingerprint density at radius 1 is 0.867 bits per heavy atom. The van der Waals surface area contributed by atoms with Crippen LogP contribution in [-0.2, 0) is 4.79 Å². The Bertz CT molecular complexity index is 781. The highest BCUT2D eigenvalue weighted by atomic mass is 35.5. The van der Waals surface area contributed by atoms with Crippen molar-refractivity contribution in [3.05, 3.63) is 69.7 Å². The standard InChI is InChI=1S/C24H29Cl2N3O/c25-21-5-1-19(2-6-21)24(20-3-7-22(26)8-4-20)29-15-13-28(14-16-29)23(30)17-18-9-11-27-12-10-18/h1-8,18,24,27H,9-17H2. The zero-order valence-electron chi connectivity index (χ0n) is 17.2. The lowest BCUT2D eigenvalue weighted by Crippen LogP contribution is -2.50. The molecular weight excluding hydrogens is 417 g/mol. The van der Waals surface area contributed by atoms with Gasteiger partial charge in [0.05, 0.1) is 6.04 Å². The van der Waals surface area contributed by atoms with Crippen LogP contribution in [0.15, 0.2) is 48.5 Å². The summed E-state index contributed by atoms with van der Waals surface area (Å²) >= 11 is 12.2. The molecule has 160 valence electrons. The maximum atomic E-state index is 12.8. The molecule has 2 saturated heterocycles. The van der Waals surface area contributed by atoms with E-state index in [-0.39, 0.29) is 6.04 Å². The lowest BCUT2D eigenvalue weighted by molar-refractivity contribution is -0.134. The fraction of sp³-hybridized carbons (Fsp3) is 0.458. The zero-order valence-corrected chi connectivity index (χ0v) is 18.7. The van der Waals surface area contributed by atoms with Crippen molar-refractivity contribution >= 4 is 29.1 Å². The van der Waals surface area contributed by atoms with E-state index in [1.807, 2.05) is 24.3 Å². The largest absolute Gasteiger partial charge is 0.340 e. The van der Waals surface area contributed by atoms with E-state index in [0.717, 1.165) is 62.2 Å². The van der Waals surface area contributed by atoms with Crippen molar-refractivity contribution < 1.29 is 4.79 Å². The molecule has 0 saturated carbocycles. The second-order valence-electron chi connectivity index (χ2n) is 8.32. The van der Waals surface area contributed by atoms with E-state index in [4.69, 9.17) is 23.2 Å². The summed E-state index contributed by atoms with van der Waals surface area (Å²) < 4.78 is 0. The van der Waals surface area contributed by atoms with Crippen molar-refractivity contribution in [1.29, 1.82) is 0 Å². The van der Waals surface area contributed by atoms with Gasteiger partial charge in [0.2, 0.25) is 5.91 Å². The lowest BCUT2D eigenvalue weighted by Gasteiger charge is -2.40. The smallest absolute Gasteiger partial charge is 0.222 e. The average molecular weight is 446 g/mol. The van der Waals surface area contributed by atoms with E-state index in [2.05, 4.69) is 39.4 Å². The van der Waals surface area contributed by atoms with Gasteiger partial charge >= 0.3 is 0 Å². The Morgan fingerprint density at radius 2 is 1.37 bits per heavy atom. The number of benzene rings is 2. The highest BCUT2D eigenvalue weighted by Crippen LogP contribution is 2.31. The number of hydrogen-bond acceptors (Lipinski definition) is 3. The van der Waals surface area contributed by atoms with Crippen LogP contribution >= 0.6 is 23.2 Å². The number of piperazine rings is 1. The molecular formula is C24H29Cl2N3O. The Hall–Kier alpha value is -1.59. The lowest BCUT2D eigenvalue weighted by atomic mass is 9.93. The van der Waals surface area contributed by atoms with Gasteiger partial charge in [-0.1, -0.05) is 47.5 Å². The van der Waals surface area contributed by atoms with Gasteiger partial charge in [0.15, 0.2) is 0 Å². The minimum Gasteiger partial charge on any atom is -0.340 e. The third kappa shape index (κ3) is 5.36. The van der Waals surface area contributed by atoms with Crippen molar-refractivity contribution in [2.24, 2.45) is 5.92 Å². The molecule has 6 heteroatoms. The number of nitrogens with one attached hydrogen (secondary N) is 1. The van der Waals surface area contributed by atoms with Gasteiger partial charge in [0.1, 0.15) is 0 Å². The molecule has 0 atom stereocenters. The van der Waals surface area contributed by atoms with Gasteiger partial charge in [0, 0.05) is 42.6 Å². The first-order valence-electron chi connectivity index (χ1n) is 10.8. The SMILES string of the molecule is O=C(CC1CCNCC1)N1CCN(C(c2ccc(Cl)cc2)c2ccc(Cl)cc2)CC1. The van der Waals surface area contributed by atoms with Gasteiger partial charge in [0.25, 0.3) is 0 Å². The number of halogens is 2. The fourth-order valence-corrected chi connectivity index (χ4v) is 4.85. The van der Waals surface area contributed by atoms with Crippen LogP contribution in [0.1, 0.15) is 36.4 Å². The molecule has 1 amide bonds. The summed E-state index contributed by atoms with van der Waals surface area (Å²) in [6, 6.07) is 16.3. The molecule has 2 aromatic rings. The maximum absolute atomic E-state index is 12.8. The predicted molar refractivity (Wildman–Crippen MR) is 123 cm³/mol. The molecule has 2 aromatic carbocycles. The predicted octanol–water partition coefficient (Wildman–Crippen LogP) is 4.62. The summed E-state index contributed by atoms with van der Waals surface area (Å²) in [6.07, 6.45) is 2.92. The first kappa shape index (κ1) is 21.6. The maximum Gasteiger partial charge on any atom is 0.222 e. The first-order valence-corrected chi connectivity index (χ1v) is 11.6. The molecule has 2 aliphatic heterocycles. The van der Waals surface area contributed by atoms with Crippen LogP contribution in [-0.4, -0.2) is 55.0 Å². The molecule has 0 spiro atoms. The van der Waals surface area contributed by atoms with Gasteiger partial charge in [-0.25, -0.2) is 0 Å². The summed E-state index contributed by atoms with van der Waals surface area (Å²) in [4.78, 5) is 17.3. The molecule has 30 heavy (non-hydrogen) atoms. The molecule has 0 radical (unpaired) electrons. The topological polar surface area (TPSA) is 35.6 Å². The number of hydrogen-bond donors (Lipinski definition) is 1. The molecule has 2 aliphatic rings. The van der Waals surface area contributed by atoms with Crippen LogP contribution in [0.25, 0.3) is 0 Å². The summed E-state index contributed by atoms with van der Waals surface area (Å²) in [5.41, 5.74) is 2.41. The Labute approximate surface area is 189 Å². The van der Waals surface area contributed by atoms with Crippen LogP contribution in [0.3, 0.4) is 0 Å². The van der Waals surface area contributed by atoms with E-state index >= 15 is 0 Å². The van der Waals surface area contributed by atoms with E-state index in [1.165, 1.54) is 11.1 Å². The van der Waals surface area contributed by atoms with E-state index in [9.17, 15) is 4.79 Å². The second-order valence-corrected chi connectivity index (χ2v) is 9.19. The number of carbonyl (C=O) groups excluding carboxylic acids is 1. The molecule has 0 unspecified atom stereocenters. The normalized spacial score (nSPS) is 18.7. The summed E-state index contributed by atoms with van der Waals surface area (Å²) in [7, 11) is 0. The van der Waals surface area contributed by atoms with E-state index < -0.39 is 0 Å². The second kappa shape index (κ2) is 10.1. The number of nitrogens with zero attached hydrogens (tertiary/aromatic N) is 2. The summed E-state index contributed by atoms with van der Waals surface area (Å²) in [5, 5.41) is 4.85. The van der Waals surface area contributed by atoms with Crippen molar-refractivity contribution in [2.45, 2.75) is 25.3 Å². The van der Waals surface area contributed by atoms with Crippen LogP contribution < -0.4 is 5.32 Å². The van der Waals surface area contributed by atoms with Gasteiger partial charge in [-0.05, 0) is 67.2 Å². The van der Waals surface area contributed by atoms with Crippen molar-refractivity contribution in [2.75, 3.05) is 39.3 Å². The molecule has 4 rings (SSSR count). The Balaban J connectivity index is 1.44. The van der Waals surface area contributed by atoms with Crippen LogP contribution in [0.5, 0.6) is 0 Å². The highest BCUT2D eigenvalue weighted by molar-refractivity contribution is 6.30. The quantitative estimate of drug-likeness (QED) is 0.729. The Morgan fingerprint density at radius 3 is 1.87 bits per heavy atom. The van der Waals surface area contributed by atoms with E-state index in [0.29, 0.717) is 18.2 Å². The third-order valence-corrected chi connectivity index (χ3v) is 6.83. The van der Waals surface area contributed by atoms with Crippen molar-refractivity contribution in [3.63, 3.8) is 0 Å². The van der Waals surface area contributed by atoms with Gasteiger partial charge in [-0.3, -0.25) is 9.69 Å². The zero-order chi connectivity index (χ0) is 20.9. The minimum absolute atomic E-state index is 0.126. The minimum atomic E-state index is 0.126. The third-order valence-electron chi connectivity index (χ3n) is 6.33. The van der Waals surface area contributed by atoms with Gasteiger partial charge in [-0.2, -0.15) is 0 Å². The highest BCUT2D eigenvalue weighted by Gasteiger charge is 2.29. The van der Waals surface area contributed by atoms with Crippen molar-refractivity contribution in [1.82, 2.24) is 15.1 Å². The molecule has 2 fully saturated rings. The van der Waals surface area contributed by atoms with Gasteiger partial charge in [-0.15, -0.1) is 0 Å². The average Bonchev–Trinajstić information content (AvgIpc) is 2.78. The van der Waals surface area contributed by atoms with Crippen molar-refractivity contribution in [3.8, 4) is 0 Å². The summed E-state index contributed by atoms with van der Waals surface area (Å²) in [6.45, 7) is 5.34. The monoisotopic (exact) mass is 445 g/mol. The molecule has 0 bridgehead atoms. The van der Waals surface area contributed by atoms with Crippen LogP contribution in [0.4, 0.5) is 0 Å². The van der Waals surface area contributed by atoms with Crippen LogP contribution in [0, 0.1) is 5.92 Å². The van der Waals surface area contributed by atoms with Gasteiger partial charge < -0.3 is 10.2 Å². The van der Waals surface area contributed by atoms with E-state index in [1.54, 1.807) is 0 Å². The number of amides is 1. The number of carbonyl (C=O) groups is 1. The van der Waals surface area contributed by atoms with Crippen LogP contribution in [0.2, 0.25) is 10.0 Å². The number of piperidine rings is 1. The fourth-order valence-electron chi connectivity index (χ4n) is 4.60. The first-order chi connectivity index (χ1) is 14.6. The molecule has 0 aromatic heterocycles. The molecule has 4 nitrogen and oxygen atoms in total. The molecule has 1 N–H and O–H groups in total. The molecule has 2 heterocycles.